The van der Waals surface area contributed by atoms with E-state index in [1.165, 1.54) is 0 Å². The molecule has 124 valence electrons. The van der Waals surface area contributed by atoms with Crippen LogP contribution in [0, 0.1) is 0 Å². The van der Waals surface area contributed by atoms with E-state index in [-0.39, 0.29) is 24.4 Å². The zero-order chi connectivity index (χ0) is 16.7. The first-order valence-electron chi connectivity index (χ1n) is 8.00. The lowest BCUT2D eigenvalue weighted by Gasteiger charge is -2.32. The normalized spacial score (nSPS) is 26.0. The highest BCUT2D eigenvalue weighted by Gasteiger charge is 2.52. The number of hydrogen-bond donors (Lipinski definition) is 0. The van der Waals surface area contributed by atoms with Gasteiger partial charge in [0.2, 0.25) is 5.88 Å². The average molecular weight is 317 g/mol. The lowest BCUT2D eigenvalue weighted by atomic mass is 9.74. The fourth-order valence-corrected chi connectivity index (χ4v) is 2.73. The average Bonchev–Trinajstić information content (AvgIpc) is 2.76. The lowest BCUT2D eigenvalue weighted by molar-refractivity contribution is 0.00578. The second-order valence-electron chi connectivity index (χ2n) is 7.00. The van der Waals surface area contributed by atoms with Crippen LogP contribution in [0.2, 0.25) is 0 Å². The summed E-state index contributed by atoms with van der Waals surface area (Å²) in [5.41, 5.74) is 1.50. The van der Waals surface area contributed by atoms with Crippen molar-refractivity contribution in [2.24, 2.45) is 0 Å². The van der Waals surface area contributed by atoms with Crippen molar-refractivity contribution in [3.05, 3.63) is 35.4 Å². The summed E-state index contributed by atoms with van der Waals surface area (Å²) < 4.78 is 23.4. The van der Waals surface area contributed by atoms with Gasteiger partial charge in [0.25, 0.3) is 0 Å². The van der Waals surface area contributed by atoms with Gasteiger partial charge in [0.15, 0.2) is 0 Å². The van der Waals surface area contributed by atoms with Crippen molar-refractivity contribution in [2.75, 3.05) is 13.7 Å². The molecule has 0 amide bonds. The van der Waals surface area contributed by atoms with E-state index in [1.54, 1.807) is 13.3 Å². The molecule has 23 heavy (non-hydrogen) atoms. The molecule has 0 bridgehead atoms. The molecule has 0 aliphatic carbocycles. The van der Waals surface area contributed by atoms with Crippen molar-refractivity contribution in [1.29, 1.82) is 0 Å². The smallest absolute Gasteiger partial charge is 0.481 e. The Labute approximate surface area is 138 Å². The Kier molecular flexibility index (Phi) is 4.25. The van der Waals surface area contributed by atoms with Crippen LogP contribution in [-0.2, 0) is 14.0 Å². The van der Waals surface area contributed by atoms with E-state index in [9.17, 15) is 0 Å². The molecule has 2 aliphatic rings. The van der Waals surface area contributed by atoms with Crippen LogP contribution >= 0.6 is 0 Å². The molecule has 1 atom stereocenters. The summed E-state index contributed by atoms with van der Waals surface area (Å²) in [5.74, 6) is 0.585. The Bertz CT molecular complexity index is 598. The van der Waals surface area contributed by atoms with Gasteiger partial charge in [-0.05, 0) is 51.2 Å². The third kappa shape index (κ3) is 3.16. The highest BCUT2D eigenvalue weighted by Crippen LogP contribution is 2.40. The van der Waals surface area contributed by atoms with Gasteiger partial charge >= 0.3 is 7.12 Å². The standard InChI is InChI=1S/C17H24BNO4/c1-16(2)17(3,4)23-18(22-16)13-7-9-21-14(11-13)12-6-8-19-15(10-12)20-5/h6,8,10-11,14H,7,9H2,1-5H3. The molecule has 0 aromatic carbocycles. The van der Waals surface area contributed by atoms with Gasteiger partial charge in [-0.2, -0.15) is 0 Å². The SMILES string of the molecule is COc1cc(C2C=C(B3OC(C)(C)C(C)(C)O3)CCO2)ccn1. The summed E-state index contributed by atoms with van der Waals surface area (Å²) in [5, 5.41) is 0. The molecule has 1 unspecified atom stereocenters. The van der Waals surface area contributed by atoms with Gasteiger partial charge in [-0.3, -0.25) is 0 Å². The van der Waals surface area contributed by atoms with Crippen LogP contribution in [0.4, 0.5) is 0 Å². The van der Waals surface area contributed by atoms with Crippen molar-refractivity contribution in [2.45, 2.75) is 51.4 Å². The number of aromatic nitrogens is 1. The molecule has 1 saturated heterocycles. The summed E-state index contributed by atoms with van der Waals surface area (Å²) in [7, 11) is 1.30. The third-order valence-corrected chi connectivity index (χ3v) is 4.91. The number of rotatable bonds is 3. The van der Waals surface area contributed by atoms with Crippen LogP contribution in [-0.4, -0.2) is 37.0 Å². The molecule has 0 N–H and O–H groups in total. The van der Waals surface area contributed by atoms with Gasteiger partial charge in [0.05, 0.1) is 24.9 Å². The molecule has 5 nitrogen and oxygen atoms in total. The minimum atomic E-state index is -0.327. The van der Waals surface area contributed by atoms with Gasteiger partial charge in [-0.1, -0.05) is 6.08 Å². The predicted molar refractivity (Wildman–Crippen MR) is 88.3 cm³/mol. The van der Waals surface area contributed by atoms with Gasteiger partial charge in [-0.25, -0.2) is 4.98 Å². The molecule has 1 aromatic rings. The largest absolute Gasteiger partial charge is 0.490 e. The molecule has 6 heteroatoms. The van der Waals surface area contributed by atoms with Crippen molar-refractivity contribution in [3.8, 4) is 5.88 Å². The second-order valence-corrected chi connectivity index (χ2v) is 7.00. The van der Waals surface area contributed by atoms with E-state index >= 15 is 0 Å². The Morgan fingerprint density at radius 2 is 1.91 bits per heavy atom. The Balaban J connectivity index is 1.82. The molecule has 0 radical (unpaired) electrons. The van der Waals surface area contributed by atoms with Gasteiger partial charge in [0, 0.05) is 12.3 Å². The maximum atomic E-state index is 6.15. The second kappa shape index (κ2) is 5.93. The quantitative estimate of drug-likeness (QED) is 0.802. The first-order chi connectivity index (χ1) is 10.8. The Morgan fingerprint density at radius 1 is 1.22 bits per heavy atom. The lowest BCUT2D eigenvalue weighted by Crippen LogP contribution is -2.41. The zero-order valence-electron chi connectivity index (χ0n) is 14.5. The molecule has 2 aliphatic heterocycles. The number of pyridine rings is 1. The summed E-state index contributed by atoms with van der Waals surface area (Å²) in [6.07, 6.45) is 4.51. The summed E-state index contributed by atoms with van der Waals surface area (Å²) in [4.78, 5) is 4.14. The van der Waals surface area contributed by atoms with E-state index < -0.39 is 0 Å². The fourth-order valence-electron chi connectivity index (χ4n) is 2.73. The van der Waals surface area contributed by atoms with Crippen LogP contribution in [0.3, 0.4) is 0 Å². The minimum absolute atomic E-state index is 0.130. The van der Waals surface area contributed by atoms with Gasteiger partial charge < -0.3 is 18.8 Å². The number of hydrogen-bond acceptors (Lipinski definition) is 5. The molecule has 0 spiro atoms. The molecule has 3 heterocycles. The van der Waals surface area contributed by atoms with E-state index in [0.29, 0.717) is 12.5 Å². The van der Waals surface area contributed by atoms with Crippen molar-refractivity contribution < 1.29 is 18.8 Å². The fraction of sp³-hybridized carbons (Fsp3) is 0.588. The van der Waals surface area contributed by atoms with Crippen molar-refractivity contribution in [3.63, 3.8) is 0 Å². The first-order valence-corrected chi connectivity index (χ1v) is 8.00. The topological polar surface area (TPSA) is 49.8 Å². The molecule has 1 fully saturated rings. The molecule has 3 rings (SSSR count). The number of methoxy groups -OCH3 is 1. The summed E-state index contributed by atoms with van der Waals surface area (Å²) >= 11 is 0. The van der Waals surface area contributed by atoms with Crippen LogP contribution < -0.4 is 4.74 Å². The van der Waals surface area contributed by atoms with Crippen LogP contribution in [0.25, 0.3) is 0 Å². The highest BCUT2D eigenvalue weighted by molar-refractivity contribution is 6.54. The minimum Gasteiger partial charge on any atom is -0.481 e. The van der Waals surface area contributed by atoms with E-state index in [2.05, 4.69) is 38.8 Å². The molecular weight excluding hydrogens is 293 g/mol. The monoisotopic (exact) mass is 317 g/mol. The van der Waals surface area contributed by atoms with E-state index in [0.717, 1.165) is 17.5 Å². The third-order valence-electron chi connectivity index (χ3n) is 4.91. The molecule has 0 saturated carbocycles. The number of nitrogens with zero attached hydrogens (tertiary/aromatic N) is 1. The van der Waals surface area contributed by atoms with E-state index in [4.69, 9.17) is 18.8 Å². The van der Waals surface area contributed by atoms with Crippen LogP contribution in [0.15, 0.2) is 29.9 Å². The Hall–Kier alpha value is -1.37. The summed E-state index contributed by atoms with van der Waals surface area (Å²) in [6, 6.07) is 3.84. The van der Waals surface area contributed by atoms with E-state index in [1.807, 2.05) is 12.1 Å². The summed E-state index contributed by atoms with van der Waals surface area (Å²) in [6.45, 7) is 8.91. The maximum Gasteiger partial charge on any atom is 0.490 e. The Morgan fingerprint density at radius 3 is 2.57 bits per heavy atom. The molecule has 1 aromatic heterocycles. The zero-order valence-corrected chi connectivity index (χ0v) is 14.5. The molecular formula is C17H24BNO4. The van der Waals surface area contributed by atoms with Gasteiger partial charge in [-0.15, -0.1) is 0 Å². The number of ether oxygens (including phenoxy) is 2. The van der Waals surface area contributed by atoms with Crippen molar-refractivity contribution in [1.82, 2.24) is 4.98 Å². The van der Waals surface area contributed by atoms with Gasteiger partial charge in [0.1, 0.15) is 6.10 Å². The predicted octanol–water partition coefficient (Wildman–Crippen LogP) is 3.11. The first kappa shape index (κ1) is 16.5. The maximum absolute atomic E-state index is 6.15. The van der Waals surface area contributed by atoms with Crippen LogP contribution in [0.1, 0.15) is 45.8 Å². The van der Waals surface area contributed by atoms with Crippen molar-refractivity contribution >= 4 is 7.12 Å². The highest BCUT2D eigenvalue weighted by atomic mass is 16.7. The van der Waals surface area contributed by atoms with Crippen LogP contribution in [0.5, 0.6) is 5.88 Å².